The quantitative estimate of drug-likeness (QED) is 0.736. The van der Waals surface area contributed by atoms with Crippen molar-refractivity contribution in [3.8, 4) is 0 Å². The van der Waals surface area contributed by atoms with Gasteiger partial charge in [-0.25, -0.2) is 0 Å². The van der Waals surface area contributed by atoms with Gasteiger partial charge in [-0.05, 0) is 6.42 Å². The molecule has 1 fully saturated rings. The van der Waals surface area contributed by atoms with Gasteiger partial charge in [0.25, 0.3) is 0 Å². The van der Waals surface area contributed by atoms with Crippen LogP contribution in [0.15, 0.2) is 12.4 Å². The molecule has 1 N–H and O–H groups in total. The number of rotatable bonds is 3. The Morgan fingerprint density at radius 1 is 1.69 bits per heavy atom. The zero-order chi connectivity index (χ0) is 9.10. The van der Waals surface area contributed by atoms with Crippen LogP contribution in [0, 0.1) is 5.92 Å². The highest BCUT2D eigenvalue weighted by atomic mass is 16.5. The Kier molecular flexibility index (Phi) is 2.61. The van der Waals surface area contributed by atoms with Crippen molar-refractivity contribution >= 4 is 0 Å². The Morgan fingerprint density at radius 3 is 3.23 bits per heavy atom. The summed E-state index contributed by atoms with van der Waals surface area (Å²) in [4.78, 5) is 0. The summed E-state index contributed by atoms with van der Waals surface area (Å²) in [5, 5.41) is 13.0. The van der Waals surface area contributed by atoms with Gasteiger partial charge in [0, 0.05) is 30.8 Å². The van der Waals surface area contributed by atoms with Crippen molar-refractivity contribution < 1.29 is 9.84 Å². The molecule has 2 rings (SSSR count). The van der Waals surface area contributed by atoms with Crippen LogP contribution in [0.25, 0.3) is 0 Å². The third kappa shape index (κ3) is 2.08. The van der Waals surface area contributed by atoms with E-state index < -0.39 is 0 Å². The molecule has 0 radical (unpaired) electrons. The highest BCUT2D eigenvalue weighted by Crippen LogP contribution is 2.14. The number of aliphatic hydroxyl groups excluding tert-OH is 1. The first-order valence-electron chi connectivity index (χ1n) is 4.58. The van der Waals surface area contributed by atoms with Gasteiger partial charge in [-0.1, -0.05) is 0 Å². The average molecular weight is 182 g/mol. The van der Waals surface area contributed by atoms with Gasteiger partial charge in [0.15, 0.2) is 0 Å². The normalized spacial score (nSPS) is 22.4. The molecular formula is C9H14N2O2. The first-order valence-corrected chi connectivity index (χ1v) is 4.58. The van der Waals surface area contributed by atoms with E-state index in [-0.39, 0.29) is 6.61 Å². The minimum atomic E-state index is 0.0706. The fourth-order valence-corrected chi connectivity index (χ4v) is 1.58. The molecule has 1 atom stereocenters. The van der Waals surface area contributed by atoms with Crippen molar-refractivity contribution in [2.75, 3.05) is 13.2 Å². The predicted octanol–water partition coefficient (Wildman–Crippen LogP) is 0.412. The van der Waals surface area contributed by atoms with Crippen molar-refractivity contribution in [2.45, 2.75) is 19.6 Å². The standard InChI is InChI=1S/C9H14N2O2/c12-6-9-3-10-11(5-9)4-8-1-2-13-7-8/h3,5,8,12H,1-2,4,6-7H2/t8-/m0/s1. The number of nitrogens with zero attached hydrogens (tertiary/aromatic N) is 2. The number of hydrogen-bond acceptors (Lipinski definition) is 3. The van der Waals surface area contributed by atoms with Crippen LogP contribution in [-0.4, -0.2) is 28.1 Å². The van der Waals surface area contributed by atoms with Crippen molar-refractivity contribution in [1.29, 1.82) is 0 Å². The first kappa shape index (κ1) is 8.72. The molecule has 1 aliphatic rings. The first-order chi connectivity index (χ1) is 6.38. The maximum atomic E-state index is 8.83. The average Bonchev–Trinajstić information content (AvgIpc) is 2.76. The summed E-state index contributed by atoms with van der Waals surface area (Å²) < 4.78 is 7.15. The molecule has 0 bridgehead atoms. The molecule has 2 heterocycles. The van der Waals surface area contributed by atoms with Gasteiger partial charge in [0.1, 0.15) is 0 Å². The largest absolute Gasteiger partial charge is 0.392 e. The van der Waals surface area contributed by atoms with E-state index in [9.17, 15) is 0 Å². The van der Waals surface area contributed by atoms with Gasteiger partial charge < -0.3 is 9.84 Å². The summed E-state index contributed by atoms with van der Waals surface area (Å²) in [7, 11) is 0. The van der Waals surface area contributed by atoms with Crippen LogP contribution in [0.4, 0.5) is 0 Å². The summed E-state index contributed by atoms with van der Waals surface area (Å²) in [5.41, 5.74) is 0.874. The molecule has 1 aromatic rings. The third-order valence-electron chi connectivity index (χ3n) is 2.34. The van der Waals surface area contributed by atoms with Crippen LogP contribution in [0.1, 0.15) is 12.0 Å². The van der Waals surface area contributed by atoms with Crippen molar-refractivity contribution in [3.63, 3.8) is 0 Å². The molecular weight excluding hydrogens is 168 g/mol. The van der Waals surface area contributed by atoms with Crippen LogP contribution in [-0.2, 0) is 17.9 Å². The minimum absolute atomic E-state index is 0.0706. The molecule has 1 aromatic heterocycles. The predicted molar refractivity (Wildman–Crippen MR) is 47.1 cm³/mol. The second kappa shape index (κ2) is 3.89. The maximum absolute atomic E-state index is 8.83. The smallest absolute Gasteiger partial charge is 0.0712 e. The molecule has 0 spiro atoms. The van der Waals surface area contributed by atoms with E-state index >= 15 is 0 Å². The number of aliphatic hydroxyl groups is 1. The second-order valence-electron chi connectivity index (χ2n) is 3.46. The monoisotopic (exact) mass is 182 g/mol. The van der Waals surface area contributed by atoms with Crippen molar-refractivity contribution in [3.05, 3.63) is 18.0 Å². The lowest BCUT2D eigenvalue weighted by Gasteiger charge is -2.06. The maximum Gasteiger partial charge on any atom is 0.0712 e. The fourth-order valence-electron chi connectivity index (χ4n) is 1.58. The Balaban J connectivity index is 1.92. The highest BCUT2D eigenvalue weighted by molar-refractivity contribution is 5.01. The van der Waals surface area contributed by atoms with Gasteiger partial charge in [-0.15, -0.1) is 0 Å². The van der Waals surface area contributed by atoms with Gasteiger partial charge in [0.2, 0.25) is 0 Å². The molecule has 0 saturated carbocycles. The van der Waals surface area contributed by atoms with E-state index in [2.05, 4.69) is 5.10 Å². The molecule has 0 unspecified atom stereocenters. The molecule has 4 heteroatoms. The topological polar surface area (TPSA) is 47.3 Å². The lowest BCUT2D eigenvalue weighted by molar-refractivity contribution is 0.181. The van der Waals surface area contributed by atoms with Crippen LogP contribution in [0.3, 0.4) is 0 Å². The SMILES string of the molecule is OCc1cnn(C[C@@H]2CCOC2)c1. The van der Waals surface area contributed by atoms with Crippen LogP contribution < -0.4 is 0 Å². The van der Waals surface area contributed by atoms with Crippen molar-refractivity contribution in [2.24, 2.45) is 5.92 Å². The molecule has 0 aliphatic carbocycles. The lowest BCUT2D eigenvalue weighted by atomic mass is 10.1. The zero-order valence-corrected chi connectivity index (χ0v) is 7.52. The summed E-state index contributed by atoms with van der Waals surface area (Å²) in [5.74, 6) is 0.589. The Bertz CT molecular complexity index is 266. The zero-order valence-electron chi connectivity index (χ0n) is 7.52. The minimum Gasteiger partial charge on any atom is -0.392 e. The summed E-state index contributed by atoms with van der Waals surface area (Å²) in [6.07, 6.45) is 4.71. The molecule has 0 aromatic carbocycles. The van der Waals surface area contributed by atoms with Gasteiger partial charge in [-0.2, -0.15) is 5.10 Å². The van der Waals surface area contributed by atoms with Gasteiger partial charge in [0.05, 0.1) is 19.4 Å². The second-order valence-corrected chi connectivity index (χ2v) is 3.46. The highest BCUT2D eigenvalue weighted by Gasteiger charge is 2.16. The summed E-state index contributed by atoms with van der Waals surface area (Å²) in [6, 6.07) is 0. The summed E-state index contributed by atoms with van der Waals surface area (Å²) >= 11 is 0. The van der Waals surface area contributed by atoms with Gasteiger partial charge >= 0.3 is 0 Å². The number of ether oxygens (including phenoxy) is 1. The summed E-state index contributed by atoms with van der Waals surface area (Å²) in [6.45, 7) is 2.69. The van der Waals surface area contributed by atoms with E-state index in [0.717, 1.165) is 31.7 Å². The Labute approximate surface area is 77.1 Å². The van der Waals surface area contributed by atoms with E-state index in [1.54, 1.807) is 6.20 Å². The molecule has 72 valence electrons. The lowest BCUT2D eigenvalue weighted by Crippen LogP contribution is -2.10. The van der Waals surface area contributed by atoms with Crippen LogP contribution >= 0.6 is 0 Å². The van der Waals surface area contributed by atoms with E-state index in [1.165, 1.54) is 0 Å². The molecule has 1 aliphatic heterocycles. The van der Waals surface area contributed by atoms with Crippen molar-refractivity contribution in [1.82, 2.24) is 9.78 Å². The van der Waals surface area contributed by atoms with E-state index in [0.29, 0.717) is 5.92 Å². The number of aromatic nitrogens is 2. The number of hydrogen-bond donors (Lipinski definition) is 1. The van der Waals surface area contributed by atoms with Crippen LogP contribution in [0.5, 0.6) is 0 Å². The van der Waals surface area contributed by atoms with Crippen LogP contribution in [0.2, 0.25) is 0 Å². The van der Waals surface area contributed by atoms with E-state index in [1.807, 2.05) is 10.9 Å². The Morgan fingerprint density at radius 2 is 2.62 bits per heavy atom. The molecule has 0 amide bonds. The Hall–Kier alpha value is -0.870. The fraction of sp³-hybridized carbons (Fsp3) is 0.667. The molecule has 4 nitrogen and oxygen atoms in total. The molecule has 1 saturated heterocycles. The third-order valence-corrected chi connectivity index (χ3v) is 2.34. The van der Waals surface area contributed by atoms with Gasteiger partial charge in [-0.3, -0.25) is 4.68 Å². The van der Waals surface area contributed by atoms with E-state index in [4.69, 9.17) is 9.84 Å². The molecule has 13 heavy (non-hydrogen) atoms.